The summed E-state index contributed by atoms with van der Waals surface area (Å²) < 4.78 is 104. The first kappa shape index (κ1) is 44.8. The lowest BCUT2D eigenvalue weighted by atomic mass is 9.77. The average molecular weight is 880 g/mol. The van der Waals surface area contributed by atoms with E-state index in [1.807, 2.05) is 47.6 Å². The van der Waals surface area contributed by atoms with E-state index in [-0.39, 0.29) is 44.4 Å². The predicted molar refractivity (Wildman–Crippen MR) is 214 cm³/mol. The molecule has 1 aromatic heterocycles. The van der Waals surface area contributed by atoms with Crippen LogP contribution in [0.4, 0.5) is 5.69 Å². The standard InChI is InChI=1S/C38H45N3O13S4/c1-27-14-16-31-32(25-27)55-36(40(31)22-10-24-57(48,49)50)12-6-3-5-11-33-38(2,20-8-4-7-13-37(44)54-41-34(42)18-19-35(41)43)29-26-28(58(51,52)53)15-17-30(29)39(33)21-9-23-56(45,46)47/h3,5-6,11-12,14-17,25-26H,4,7-10,13,18-24H2,1-2H3,(H2-,45,46,47,48,49,50,51,52,53). The zero-order valence-electron chi connectivity index (χ0n) is 31.9. The van der Waals surface area contributed by atoms with Crippen molar-refractivity contribution in [3.63, 3.8) is 0 Å². The molecule has 1 unspecified atom stereocenters. The molecule has 20 heteroatoms. The van der Waals surface area contributed by atoms with Gasteiger partial charge in [-0.1, -0.05) is 48.5 Å². The molecule has 1 fully saturated rings. The number of aromatic nitrogens is 1. The maximum absolute atomic E-state index is 12.4. The first-order valence-electron chi connectivity index (χ1n) is 18.5. The molecule has 16 nitrogen and oxygen atoms in total. The molecule has 0 aliphatic carbocycles. The second-order valence-electron chi connectivity index (χ2n) is 14.4. The highest BCUT2D eigenvalue weighted by atomic mass is 32.2. The molecule has 3 heterocycles. The number of hydroxylamine groups is 2. The van der Waals surface area contributed by atoms with Crippen LogP contribution in [-0.2, 0) is 61.5 Å². The fraction of sp³-hybridized carbons (Fsp3) is 0.421. The number of hydrogen-bond acceptors (Lipinski definition) is 13. The van der Waals surface area contributed by atoms with Crippen molar-refractivity contribution >= 4 is 81.5 Å². The molecule has 3 aromatic rings. The van der Waals surface area contributed by atoms with Crippen LogP contribution in [0, 0.1) is 6.92 Å². The fourth-order valence-electron chi connectivity index (χ4n) is 7.15. The second kappa shape index (κ2) is 18.3. The zero-order chi connectivity index (χ0) is 42.5. The van der Waals surface area contributed by atoms with Crippen molar-refractivity contribution in [3.8, 4) is 0 Å². The van der Waals surface area contributed by atoms with Crippen molar-refractivity contribution in [1.29, 1.82) is 0 Å². The highest BCUT2D eigenvalue weighted by molar-refractivity contribution is 7.86. The lowest BCUT2D eigenvalue weighted by Crippen LogP contribution is -2.35. The van der Waals surface area contributed by atoms with Crippen molar-refractivity contribution in [2.45, 2.75) is 88.5 Å². The summed E-state index contributed by atoms with van der Waals surface area (Å²) in [5.74, 6) is -2.81. The van der Waals surface area contributed by atoms with Crippen LogP contribution >= 0.6 is 11.3 Å². The van der Waals surface area contributed by atoms with Crippen LogP contribution in [0.2, 0.25) is 0 Å². The van der Waals surface area contributed by atoms with Crippen LogP contribution < -0.4 is 9.47 Å². The molecule has 2 aromatic carbocycles. The summed E-state index contributed by atoms with van der Waals surface area (Å²) in [6, 6.07) is 9.95. The molecule has 1 saturated heterocycles. The quantitative estimate of drug-likeness (QED) is 0.0544. The van der Waals surface area contributed by atoms with Crippen molar-refractivity contribution in [2.24, 2.45) is 0 Å². The Balaban J connectivity index is 1.42. The summed E-state index contributed by atoms with van der Waals surface area (Å²) in [4.78, 5) is 42.4. The van der Waals surface area contributed by atoms with Gasteiger partial charge in [0.2, 0.25) is 5.52 Å². The number of aryl methyl sites for hydroxylation is 2. The van der Waals surface area contributed by atoms with Gasteiger partial charge in [0.05, 0.1) is 16.4 Å². The molecule has 2 amide bonds. The van der Waals surface area contributed by atoms with E-state index in [9.17, 15) is 53.3 Å². The van der Waals surface area contributed by atoms with Crippen LogP contribution in [0.1, 0.15) is 80.8 Å². The minimum atomic E-state index is -4.85. The average Bonchev–Trinajstić information content (AvgIpc) is 3.70. The van der Waals surface area contributed by atoms with E-state index in [4.69, 9.17) is 4.84 Å². The lowest BCUT2D eigenvalue weighted by Gasteiger charge is -2.30. The number of carbonyl (C=O) groups excluding carboxylic acids is 3. The van der Waals surface area contributed by atoms with Crippen LogP contribution in [0.3, 0.4) is 0 Å². The smallest absolute Gasteiger partial charge is 0.333 e. The molecule has 0 radical (unpaired) electrons. The number of unbranched alkanes of at least 4 members (excludes halogenated alkanes) is 2. The number of hydrogen-bond donors (Lipinski definition) is 2. The fourth-order valence-corrected chi connectivity index (χ4v) is 9.83. The van der Waals surface area contributed by atoms with Gasteiger partial charge < -0.3 is 14.3 Å². The Bertz CT molecular complexity index is 2490. The maximum atomic E-state index is 12.4. The SMILES string of the molecule is Cc1ccc2c(c1)sc(/C=C/C=C/C=C1\N(CCCS(=O)(=O)O)c3ccc(S(=O)(=O)[O-])cc3C1(C)CCCCCC(=O)ON1C(=O)CCC1=O)[n+]2CCCS(=O)(=O)O. The summed E-state index contributed by atoms with van der Waals surface area (Å²) in [5.41, 5.74) is 2.77. The molecule has 0 bridgehead atoms. The number of fused-ring (bicyclic) bond motifs is 2. The molecule has 2 N–H and O–H groups in total. The number of rotatable bonds is 19. The third-order valence-corrected chi connectivity index (χ3v) is 13.5. The van der Waals surface area contributed by atoms with E-state index in [0.717, 1.165) is 20.8 Å². The minimum Gasteiger partial charge on any atom is -0.744 e. The van der Waals surface area contributed by atoms with E-state index in [1.165, 1.54) is 29.5 Å². The zero-order valence-corrected chi connectivity index (χ0v) is 35.2. The number of amides is 2. The molecule has 0 saturated carbocycles. The molecule has 314 valence electrons. The summed E-state index contributed by atoms with van der Waals surface area (Å²) >= 11 is 1.51. The summed E-state index contributed by atoms with van der Waals surface area (Å²) in [7, 11) is -13.3. The number of imide groups is 1. The largest absolute Gasteiger partial charge is 0.744 e. The van der Waals surface area contributed by atoms with Crippen LogP contribution in [0.15, 0.2) is 71.3 Å². The normalized spacial score (nSPS) is 18.5. The Morgan fingerprint density at radius 3 is 2.28 bits per heavy atom. The van der Waals surface area contributed by atoms with Crippen LogP contribution in [0.5, 0.6) is 0 Å². The Morgan fingerprint density at radius 2 is 1.60 bits per heavy atom. The molecule has 2 aliphatic heterocycles. The summed E-state index contributed by atoms with van der Waals surface area (Å²) in [5, 5.41) is 1.32. The first-order chi connectivity index (χ1) is 27.2. The van der Waals surface area contributed by atoms with Crippen LogP contribution in [0.25, 0.3) is 16.3 Å². The first-order valence-corrected chi connectivity index (χ1v) is 23.9. The van der Waals surface area contributed by atoms with E-state index >= 15 is 0 Å². The molecule has 5 rings (SSSR count). The van der Waals surface area contributed by atoms with Gasteiger partial charge in [0.25, 0.3) is 37.1 Å². The van der Waals surface area contributed by atoms with E-state index in [0.29, 0.717) is 54.2 Å². The molecular formula is C38H45N3O13S4. The monoisotopic (exact) mass is 879 g/mol. The number of anilines is 1. The number of carbonyl (C=O) groups is 3. The van der Waals surface area contributed by atoms with Gasteiger partial charge in [-0.2, -0.15) is 21.4 Å². The van der Waals surface area contributed by atoms with Gasteiger partial charge >= 0.3 is 5.97 Å². The highest BCUT2D eigenvalue weighted by Crippen LogP contribution is 2.51. The third-order valence-electron chi connectivity index (χ3n) is 9.92. The Kier molecular flexibility index (Phi) is 14.1. The Labute approximate surface area is 341 Å². The van der Waals surface area contributed by atoms with E-state index in [1.54, 1.807) is 24.3 Å². The topological polar surface area (TPSA) is 237 Å². The van der Waals surface area contributed by atoms with Gasteiger partial charge in [-0.05, 0) is 74.6 Å². The van der Waals surface area contributed by atoms with Gasteiger partial charge in [-0.25, -0.2) is 13.2 Å². The van der Waals surface area contributed by atoms with Crippen LogP contribution in [-0.4, -0.2) is 79.8 Å². The Hall–Kier alpha value is -4.31. The number of allylic oxidation sites excluding steroid dienone is 5. The predicted octanol–water partition coefficient (Wildman–Crippen LogP) is 4.75. The molecule has 1 atom stereocenters. The summed E-state index contributed by atoms with van der Waals surface area (Å²) in [6.45, 7) is 4.30. The van der Waals surface area contributed by atoms with Crippen molar-refractivity contribution in [1.82, 2.24) is 5.06 Å². The number of benzene rings is 2. The van der Waals surface area contributed by atoms with Gasteiger partial charge in [-0.15, -0.1) is 5.06 Å². The molecular weight excluding hydrogens is 835 g/mol. The van der Waals surface area contributed by atoms with Gasteiger partial charge in [0.1, 0.15) is 14.8 Å². The Morgan fingerprint density at radius 1 is 0.914 bits per heavy atom. The maximum Gasteiger partial charge on any atom is 0.333 e. The van der Waals surface area contributed by atoms with Gasteiger partial charge in [0.15, 0.2) is 6.54 Å². The molecule has 2 aliphatic rings. The highest BCUT2D eigenvalue weighted by Gasteiger charge is 2.43. The van der Waals surface area contributed by atoms with Crippen molar-refractivity contribution in [3.05, 3.63) is 82.5 Å². The van der Waals surface area contributed by atoms with E-state index < -0.39 is 64.2 Å². The number of nitrogens with zero attached hydrogens (tertiary/aromatic N) is 3. The number of thiazole rings is 1. The molecule has 58 heavy (non-hydrogen) atoms. The molecule has 0 spiro atoms. The second-order valence-corrected chi connectivity index (χ2v) is 19.9. The van der Waals surface area contributed by atoms with Gasteiger partial charge in [0, 0.05) is 61.2 Å². The van der Waals surface area contributed by atoms with Crippen molar-refractivity contribution < 1.29 is 62.7 Å². The van der Waals surface area contributed by atoms with E-state index in [2.05, 4.69) is 0 Å². The summed E-state index contributed by atoms with van der Waals surface area (Å²) in [6.07, 6.45) is 10.8. The third kappa shape index (κ3) is 11.5. The lowest BCUT2D eigenvalue weighted by molar-refractivity contribution is -0.668. The van der Waals surface area contributed by atoms with Crippen molar-refractivity contribution in [2.75, 3.05) is 23.0 Å². The van der Waals surface area contributed by atoms with Gasteiger partial charge in [-0.3, -0.25) is 18.7 Å². The minimum absolute atomic E-state index is 0.0179.